The van der Waals surface area contributed by atoms with Crippen LogP contribution in [-0.4, -0.2) is 25.7 Å². The lowest BCUT2D eigenvalue weighted by atomic mass is 10.1. The minimum Gasteiger partial charge on any atom is -0.445 e. The number of nitrogens with one attached hydrogen (secondary N) is 1. The number of piperidine rings is 1. The van der Waals surface area contributed by atoms with E-state index in [4.69, 9.17) is 4.74 Å². The van der Waals surface area contributed by atoms with E-state index in [-0.39, 0.29) is 6.61 Å². The first-order valence-electron chi connectivity index (χ1n) is 9.60. The number of benzene rings is 2. The van der Waals surface area contributed by atoms with Crippen LogP contribution in [0.1, 0.15) is 36.8 Å². The Morgan fingerprint density at radius 2 is 1.85 bits per heavy atom. The van der Waals surface area contributed by atoms with Gasteiger partial charge in [0.1, 0.15) is 6.61 Å². The molecule has 1 heterocycles. The zero-order valence-electron chi connectivity index (χ0n) is 15.6. The predicted molar refractivity (Wildman–Crippen MR) is 109 cm³/mol. The van der Waals surface area contributed by atoms with E-state index < -0.39 is 6.09 Å². The average Bonchev–Trinajstić information content (AvgIpc) is 2.74. The summed E-state index contributed by atoms with van der Waals surface area (Å²) in [5.41, 5.74) is 3.25. The second-order valence-electron chi connectivity index (χ2n) is 6.64. The number of carbonyl (C=O) groups is 1. The smallest absolute Gasteiger partial charge is 0.407 e. The molecule has 1 saturated heterocycles. The van der Waals surface area contributed by atoms with Crippen LogP contribution in [0.2, 0.25) is 0 Å². The van der Waals surface area contributed by atoms with E-state index in [2.05, 4.69) is 40.3 Å². The summed E-state index contributed by atoms with van der Waals surface area (Å²) >= 11 is 0. The Kier molecular flexibility index (Phi) is 7.17. The Labute approximate surface area is 161 Å². The van der Waals surface area contributed by atoms with Crippen molar-refractivity contribution in [3.63, 3.8) is 0 Å². The molecule has 1 N–H and O–H groups in total. The summed E-state index contributed by atoms with van der Waals surface area (Å²) in [5.74, 6) is 6.31. The fourth-order valence-electron chi connectivity index (χ4n) is 3.10. The number of nitrogens with zero attached hydrogens (tertiary/aromatic N) is 1. The van der Waals surface area contributed by atoms with E-state index in [1.165, 1.54) is 24.9 Å². The quantitative estimate of drug-likeness (QED) is 0.635. The molecule has 2 aromatic rings. The van der Waals surface area contributed by atoms with E-state index in [0.29, 0.717) is 13.0 Å². The molecule has 4 nitrogen and oxygen atoms in total. The molecule has 1 fully saturated rings. The number of amides is 1. The number of hydrogen-bond donors (Lipinski definition) is 1. The van der Waals surface area contributed by atoms with Gasteiger partial charge in [0, 0.05) is 37.3 Å². The Balaban J connectivity index is 1.39. The zero-order chi connectivity index (χ0) is 18.7. The van der Waals surface area contributed by atoms with Gasteiger partial charge in [0.05, 0.1) is 0 Å². The monoisotopic (exact) mass is 362 g/mol. The fourth-order valence-corrected chi connectivity index (χ4v) is 3.10. The molecule has 0 aromatic heterocycles. The molecule has 4 heteroatoms. The molecule has 27 heavy (non-hydrogen) atoms. The largest absolute Gasteiger partial charge is 0.445 e. The molecule has 0 radical (unpaired) electrons. The summed E-state index contributed by atoms with van der Waals surface area (Å²) in [6.07, 6.45) is 4.04. The maximum absolute atomic E-state index is 11.7. The maximum atomic E-state index is 11.7. The van der Waals surface area contributed by atoms with Crippen LogP contribution in [0.5, 0.6) is 0 Å². The number of carbonyl (C=O) groups excluding carboxylic acids is 1. The Morgan fingerprint density at radius 1 is 1.04 bits per heavy atom. The van der Waals surface area contributed by atoms with Crippen LogP contribution in [0.25, 0.3) is 0 Å². The first-order valence-corrected chi connectivity index (χ1v) is 9.60. The molecule has 1 amide bonds. The van der Waals surface area contributed by atoms with Gasteiger partial charge in [-0.15, -0.1) is 0 Å². The second kappa shape index (κ2) is 10.3. The fraction of sp³-hybridized carbons (Fsp3) is 0.348. The Bertz CT molecular complexity index is 787. The van der Waals surface area contributed by atoms with Crippen LogP contribution in [-0.2, 0) is 11.3 Å². The lowest BCUT2D eigenvalue weighted by Crippen LogP contribution is -2.29. The minimum absolute atomic E-state index is 0.279. The lowest BCUT2D eigenvalue weighted by molar-refractivity contribution is 0.140. The molecule has 0 bridgehead atoms. The van der Waals surface area contributed by atoms with Crippen LogP contribution < -0.4 is 10.2 Å². The van der Waals surface area contributed by atoms with Crippen LogP contribution in [0.15, 0.2) is 54.6 Å². The lowest BCUT2D eigenvalue weighted by Gasteiger charge is -2.28. The highest BCUT2D eigenvalue weighted by Crippen LogP contribution is 2.20. The molecule has 0 spiro atoms. The molecule has 0 atom stereocenters. The van der Waals surface area contributed by atoms with Crippen molar-refractivity contribution in [2.75, 3.05) is 24.5 Å². The third-order valence-electron chi connectivity index (χ3n) is 4.53. The molecule has 0 unspecified atom stereocenters. The van der Waals surface area contributed by atoms with Crippen molar-refractivity contribution in [3.8, 4) is 11.8 Å². The van der Waals surface area contributed by atoms with Gasteiger partial charge in [-0.25, -0.2) is 4.79 Å². The molecular weight excluding hydrogens is 336 g/mol. The summed E-state index contributed by atoms with van der Waals surface area (Å²) in [6, 6.07) is 18.0. The first kappa shape index (κ1) is 18.8. The van der Waals surface area contributed by atoms with Gasteiger partial charge in [0.15, 0.2) is 0 Å². The molecule has 0 aliphatic carbocycles. The van der Waals surface area contributed by atoms with Gasteiger partial charge in [-0.05, 0) is 43.0 Å². The van der Waals surface area contributed by atoms with Crippen molar-refractivity contribution in [3.05, 3.63) is 65.7 Å². The molecule has 0 saturated carbocycles. The van der Waals surface area contributed by atoms with Gasteiger partial charge in [0.25, 0.3) is 0 Å². The minimum atomic E-state index is -0.409. The molecule has 3 rings (SSSR count). The summed E-state index contributed by atoms with van der Waals surface area (Å²) in [6.45, 7) is 3.02. The van der Waals surface area contributed by atoms with Gasteiger partial charge in [-0.3, -0.25) is 0 Å². The van der Waals surface area contributed by atoms with E-state index in [1.807, 2.05) is 36.4 Å². The van der Waals surface area contributed by atoms with E-state index in [1.54, 1.807) is 0 Å². The number of rotatable bonds is 5. The van der Waals surface area contributed by atoms with Crippen LogP contribution >= 0.6 is 0 Å². The van der Waals surface area contributed by atoms with Crippen molar-refractivity contribution in [1.29, 1.82) is 0 Å². The first-order chi connectivity index (χ1) is 13.3. The number of alkyl carbamates (subject to hydrolysis) is 1. The van der Waals surface area contributed by atoms with Crippen molar-refractivity contribution < 1.29 is 9.53 Å². The third-order valence-corrected chi connectivity index (χ3v) is 4.53. The molecule has 2 aromatic carbocycles. The zero-order valence-corrected chi connectivity index (χ0v) is 15.6. The van der Waals surface area contributed by atoms with Crippen LogP contribution in [0.4, 0.5) is 10.5 Å². The van der Waals surface area contributed by atoms with E-state index in [9.17, 15) is 4.79 Å². The number of ether oxygens (including phenoxy) is 1. The third kappa shape index (κ3) is 6.38. The second-order valence-corrected chi connectivity index (χ2v) is 6.64. The summed E-state index contributed by atoms with van der Waals surface area (Å²) < 4.78 is 5.17. The van der Waals surface area contributed by atoms with Crippen molar-refractivity contribution in [2.45, 2.75) is 32.3 Å². The number of anilines is 1. The van der Waals surface area contributed by atoms with Gasteiger partial charge < -0.3 is 15.0 Å². The van der Waals surface area contributed by atoms with Crippen LogP contribution in [0, 0.1) is 11.8 Å². The molecular formula is C23H26N2O2. The highest BCUT2D eigenvalue weighted by molar-refractivity contribution is 5.67. The highest BCUT2D eigenvalue weighted by atomic mass is 16.5. The van der Waals surface area contributed by atoms with E-state index >= 15 is 0 Å². The van der Waals surface area contributed by atoms with E-state index in [0.717, 1.165) is 24.2 Å². The van der Waals surface area contributed by atoms with Gasteiger partial charge in [-0.1, -0.05) is 48.2 Å². The normalized spacial score (nSPS) is 13.4. The summed E-state index contributed by atoms with van der Waals surface area (Å²) in [4.78, 5) is 14.1. The maximum Gasteiger partial charge on any atom is 0.407 e. The van der Waals surface area contributed by atoms with Gasteiger partial charge in [0.2, 0.25) is 0 Å². The summed E-state index contributed by atoms with van der Waals surface area (Å²) in [5, 5.41) is 2.73. The topological polar surface area (TPSA) is 41.6 Å². The molecule has 140 valence electrons. The SMILES string of the molecule is O=C(NCCC#Cc1cccc(N2CCCCC2)c1)OCc1ccccc1. The molecule has 1 aliphatic rings. The predicted octanol–water partition coefficient (Wildman–Crippen LogP) is 4.34. The standard InChI is InChI=1S/C23H26N2O2/c26-23(27-19-21-11-3-1-4-12-21)24-15-6-5-10-20-13-9-14-22(18-20)25-16-7-2-8-17-25/h1,3-4,9,11-14,18H,2,6-8,15-17,19H2,(H,24,26). The highest BCUT2D eigenvalue weighted by Gasteiger charge is 2.10. The Morgan fingerprint density at radius 3 is 2.67 bits per heavy atom. The van der Waals surface area contributed by atoms with Crippen molar-refractivity contribution in [2.24, 2.45) is 0 Å². The van der Waals surface area contributed by atoms with Crippen molar-refractivity contribution in [1.82, 2.24) is 5.32 Å². The summed E-state index contributed by atoms with van der Waals surface area (Å²) in [7, 11) is 0. The van der Waals surface area contributed by atoms with Gasteiger partial charge in [-0.2, -0.15) is 0 Å². The Hall–Kier alpha value is -2.93. The average molecular weight is 362 g/mol. The van der Waals surface area contributed by atoms with Gasteiger partial charge >= 0.3 is 6.09 Å². The van der Waals surface area contributed by atoms with Crippen molar-refractivity contribution >= 4 is 11.8 Å². The van der Waals surface area contributed by atoms with Crippen LogP contribution in [0.3, 0.4) is 0 Å². The molecule has 1 aliphatic heterocycles. The number of hydrogen-bond acceptors (Lipinski definition) is 3.